The van der Waals surface area contributed by atoms with Gasteiger partial charge in [-0.1, -0.05) is 29.8 Å². The first kappa shape index (κ1) is 20.1. The molecule has 2 aromatic carbocycles. The third-order valence-electron chi connectivity index (χ3n) is 5.77. The molecular formula is C24H27N3O3. The summed E-state index contributed by atoms with van der Waals surface area (Å²) in [6.45, 7) is 2.69. The Bertz CT molecular complexity index is 933. The van der Waals surface area contributed by atoms with Gasteiger partial charge in [0.2, 0.25) is 11.8 Å². The van der Waals surface area contributed by atoms with Gasteiger partial charge >= 0.3 is 0 Å². The normalized spacial score (nSPS) is 17.0. The Morgan fingerprint density at radius 2 is 1.77 bits per heavy atom. The van der Waals surface area contributed by atoms with Crippen molar-refractivity contribution in [3.8, 4) is 0 Å². The molecule has 156 valence electrons. The highest BCUT2D eigenvalue weighted by Crippen LogP contribution is 2.41. The van der Waals surface area contributed by atoms with Crippen LogP contribution in [-0.2, 0) is 9.59 Å². The Hall–Kier alpha value is -3.15. The second-order valence-electron chi connectivity index (χ2n) is 8.17. The first-order chi connectivity index (χ1) is 14.5. The number of nitrogens with one attached hydrogen (secondary N) is 2. The predicted octanol–water partition coefficient (Wildman–Crippen LogP) is 3.12. The van der Waals surface area contributed by atoms with Crippen molar-refractivity contribution in [2.75, 3.05) is 18.0 Å². The molecule has 2 aliphatic rings. The summed E-state index contributed by atoms with van der Waals surface area (Å²) in [4.78, 5) is 38.4. The molecule has 1 aliphatic carbocycles. The fraction of sp³-hybridized carbons (Fsp3) is 0.375. The minimum Gasteiger partial charge on any atom is -0.347 e. The van der Waals surface area contributed by atoms with Crippen LogP contribution >= 0.6 is 0 Å². The number of carbonyl (C=O) groups is 3. The van der Waals surface area contributed by atoms with Crippen LogP contribution in [0.1, 0.15) is 53.2 Å². The van der Waals surface area contributed by atoms with Crippen molar-refractivity contribution in [3.05, 3.63) is 65.2 Å². The van der Waals surface area contributed by atoms with E-state index in [9.17, 15) is 14.4 Å². The molecule has 2 fully saturated rings. The number of aryl methyl sites for hydroxylation is 1. The minimum atomic E-state index is -0.303. The number of rotatable bonds is 7. The first-order valence-electron chi connectivity index (χ1n) is 10.6. The van der Waals surface area contributed by atoms with Gasteiger partial charge < -0.3 is 15.5 Å². The largest absolute Gasteiger partial charge is 0.347 e. The molecule has 1 saturated carbocycles. The Balaban J connectivity index is 1.31. The summed E-state index contributed by atoms with van der Waals surface area (Å²) in [5.41, 5.74) is 3.56. The molecule has 1 aliphatic heterocycles. The van der Waals surface area contributed by atoms with Crippen molar-refractivity contribution < 1.29 is 14.4 Å². The number of hydrogen-bond acceptors (Lipinski definition) is 3. The van der Waals surface area contributed by atoms with Crippen LogP contribution in [0.4, 0.5) is 5.69 Å². The summed E-state index contributed by atoms with van der Waals surface area (Å²) in [5, 5.41) is 5.77. The van der Waals surface area contributed by atoms with Crippen LogP contribution in [0.3, 0.4) is 0 Å². The third kappa shape index (κ3) is 4.70. The molecule has 1 atom stereocenters. The van der Waals surface area contributed by atoms with Gasteiger partial charge in [-0.25, -0.2) is 0 Å². The van der Waals surface area contributed by atoms with E-state index in [1.54, 1.807) is 29.2 Å². The van der Waals surface area contributed by atoms with E-state index in [1.165, 1.54) is 5.56 Å². The van der Waals surface area contributed by atoms with Gasteiger partial charge in [-0.3, -0.25) is 14.4 Å². The van der Waals surface area contributed by atoms with E-state index in [0.29, 0.717) is 24.4 Å². The highest BCUT2D eigenvalue weighted by Gasteiger charge is 2.33. The molecule has 1 heterocycles. The molecule has 30 heavy (non-hydrogen) atoms. The fourth-order valence-electron chi connectivity index (χ4n) is 3.88. The quantitative estimate of drug-likeness (QED) is 0.743. The van der Waals surface area contributed by atoms with Gasteiger partial charge in [0, 0.05) is 24.2 Å². The summed E-state index contributed by atoms with van der Waals surface area (Å²) < 4.78 is 0. The molecule has 0 radical (unpaired) electrons. The van der Waals surface area contributed by atoms with E-state index in [-0.39, 0.29) is 30.3 Å². The van der Waals surface area contributed by atoms with Gasteiger partial charge in [-0.2, -0.15) is 0 Å². The van der Waals surface area contributed by atoms with E-state index >= 15 is 0 Å². The molecule has 2 aromatic rings. The number of carbonyl (C=O) groups excluding carboxylic acids is 3. The van der Waals surface area contributed by atoms with E-state index in [2.05, 4.69) is 34.9 Å². The zero-order valence-corrected chi connectivity index (χ0v) is 17.2. The van der Waals surface area contributed by atoms with Crippen molar-refractivity contribution in [3.63, 3.8) is 0 Å². The number of nitrogens with zero attached hydrogens (tertiary/aromatic N) is 1. The van der Waals surface area contributed by atoms with Crippen LogP contribution in [0.5, 0.6) is 0 Å². The number of anilines is 1. The van der Waals surface area contributed by atoms with Gasteiger partial charge in [-0.15, -0.1) is 0 Å². The van der Waals surface area contributed by atoms with E-state index in [0.717, 1.165) is 30.5 Å². The van der Waals surface area contributed by atoms with Crippen LogP contribution in [0, 0.1) is 12.8 Å². The van der Waals surface area contributed by atoms with Crippen LogP contribution in [0.25, 0.3) is 0 Å². The van der Waals surface area contributed by atoms with Crippen LogP contribution < -0.4 is 15.5 Å². The second-order valence-corrected chi connectivity index (χ2v) is 8.17. The molecule has 2 N–H and O–H groups in total. The molecule has 6 nitrogen and oxygen atoms in total. The standard InChI is InChI=1S/C24H27N3O3/c1-16-4-6-17(7-5-16)23(18-8-9-18)26-21(28)15-25-24(30)19-10-12-20(13-11-19)27-14-2-3-22(27)29/h4-7,10-13,18,23H,2-3,8-9,14-15H2,1H3,(H,25,30)(H,26,28). The van der Waals surface area contributed by atoms with Gasteiger partial charge in [0.1, 0.15) is 0 Å². The lowest BCUT2D eigenvalue weighted by Gasteiger charge is -2.19. The van der Waals surface area contributed by atoms with E-state index < -0.39 is 0 Å². The van der Waals surface area contributed by atoms with Crippen molar-refractivity contribution in [2.45, 2.75) is 38.6 Å². The molecular weight excluding hydrogens is 378 g/mol. The zero-order valence-electron chi connectivity index (χ0n) is 17.2. The average molecular weight is 405 g/mol. The van der Waals surface area contributed by atoms with Crippen LogP contribution in [0.15, 0.2) is 48.5 Å². The molecule has 0 aromatic heterocycles. The summed E-state index contributed by atoms with van der Waals surface area (Å²) in [6.07, 6.45) is 3.65. The molecule has 4 rings (SSSR count). The molecule has 1 unspecified atom stereocenters. The first-order valence-corrected chi connectivity index (χ1v) is 10.6. The molecule has 3 amide bonds. The fourth-order valence-corrected chi connectivity index (χ4v) is 3.88. The van der Waals surface area contributed by atoms with Crippen molar-refractivity contribution >= 4 is 23.4 Å². The smallest absolute Gasteiger partial charge is 0.251 e. The monoisotopic (exact) mass is 405 g/mol. The molecule has 0 bridgehead atoms. The summed E-state index contributed by atoms with van der Waals surface area (Å²) in [6, 6.07) is 15.1. The number of benzene rings is 2. The zero-order chi connectivity index (χ0) is 21.1. The highest BCUT2D eigenvalue weighted by atomic mass is 16.2. The molecule has 1 saturated heterocycles. The van der Waals surface area contributed by atoms with Gasteiger partial charge in [0.05, 0.1) is 12.6 Å². The summed E-state index contributed by atoms with van der Waals surface area (Å²) >= 11 is 0. The second kappa shape index (κ2) is 8.69. The Morgan fingerprint density at radius 1 is 1.07 bits per heavy atom. The predicted molar refractivity (Wildman–Crippen MR) is 115 cm³/mol. The Labute approximate surface area is 176 Å². The maximum Gasteiger partial charge on any atom is 0.251 e. The van der Waals surface area contributed by atoms with E-state index in [1.807, 2.05) is 6.92 Å². The van der Waals surface area contributed by atoms with Crippen LogP contribution in [0.2, 0.25) is 0 Å². The lowest BCUT2D eigenvalue weighted by molar-refractivity contribution is -0.121. The molecule has 0 spiro atoms. The topological polar surface area (TPSA) is 78.5 Å². The average Bonchev–Trinajstić information content (AvgIpc) is 3.51. The maximum absolute atomic E-state index is 12.5. The third-order valence-corrected chi connectivity index (χ3v) is 5.77. The Morgan fingerprint density at radius 3 is 2.37 bits per heavy atom. The van der Waals surface area contributed by atoms with E-state index in [4.69, 9.17) is 0 Å². The highest BCUT2D eigenvalue weighted by molar-refractivity contribution is 5.98. The van der Waals surface area contributed by atoms with Crippen LogP contribution in [-0.4, -0.2) is 30.8 Å². The van der Waals surface area contributed by atoms with Gasteiger partial charge in [0.15, 0.2) is 0 Å². The summed E-state index contributed by atoms with van der Waals surface area (Å²) in [5.74, 6) is 0.0822. The van der Waals surface area contributed by atoms with Crippen molar-refractivity contribution in [1.82, 2.24) is 10.6 Å². The lowest BCUT2D eigenvalue weighted by atomic mass is 10.0. The maximum atomic E-state index is 12.5. The summed E-state index contributed by atoms with van der Waals surface area (Å²) in [7, 11) is 0. The SMILES string of the molecule is Cc1ccc(C(NC(=O)CNC(=O)c2ccc(N3CCCC3=O)cc2)C2CC2)cc1. The lowest BCUT2D eigenvalue weighted by Crippen LogP contribution is -2.39. The number of hydrogen-bond donors (Lipinski definition) is 2. The Kier molecular flexibility index (Phi) is 5.84. The van der Waals surface area contributed by atoms with Gasteiger partial charge in [-0.05, 0) is 61.9 Å². The van der Waals surface area contributed by atoms with Gasteiger partial charge in [0.25, 0.3) is 5.91 Å². The van der Waals surface area contributed by atoms with Crippen molar-refractivity contribution in [2.24, 2.45) is 5.92 Å². The molecule has 6 heteroatoms. The van der Waals surface area contributed by atoms with Crippen molar-refractivity contribution in [1.29, 1.82) is 0 Å². The number of amides is 3. The minimum absolute atomic E-state index is 0.00714.